The lowest BCUT2D eigenvalue weighted by Crippen LogP contribution is -2.30. The van der Waals surface area contributed by atoms with Crippen molar-refractivity contribution < 1.29 is 4.79 Å². The summed E-state index contributed by atoms with van der Waals surface area (Å²) in [7, 11) is 0. The van der Waals surface area contributed by atoms with Crippen LogP contribution in [0.1, 0.15) is 33.4 Å². The van der Waals surface area contributed by atoms with Crippen LogP contribution in [0, 0.1) is 5.41 Å². The Bertz CT molecular complexity index is 1170. The van der Waals surface area contributed by atoms with Crippen molar-refractivity contribution in [3.8, 4) is 11.3 Å². The normalized spacial score (nSPS) is 11.6. The summed E-state index contributed by atoms with van der Waals surface area (Å²) < 4.78 is 0. The number of carbonyl (C=O) groups is 1. The largest absolute Gasteiger partial charge is 0.384 e. The van der Waals surface area contributed by atoms with E-state index in [1.54, 1.807) is 30.5 Å². The van der Waals surface area contributed by atoms with Gasteiger partial charge in [-0.05, 0) is 29.7 Å². The highest BCUT2D eigenvalue weighted by Gasteiger charge is 2.20. The Kier molecular flexibility index (Phi) is 5.89. The zero-order valence-corrected chi connectivity index (χ0v) is 16.9. The Morgan fingerprint density at radius 1 is 0.935 bits per heavy atom. The van der Waals surface area contributed by atoms with E-state index in [4.69, 9.17) is 11.1 Å². The molecule has 0 bridgehead atoms. The first-order valence-electron chi connectivity index (χ1n) is 10.00. The summed E-state index contributed by atoms with van der Waals surface area (Å²) in [6, 6.07) is 26.3. The number of amidine groups is 1. The molecule has 1 atom stereocenters. The van der Waals surface area contributed by atoms with E-state index in [1.807, 2.05) is 60.7 Å². The van der Waals surface area contributed by atoms with E-state index in [0.29, 0.717) is 23.4 Å². The quantitative estimate of drug-likeness (QED) is 0.273. The average Bonchev–Trinajstić information content (AvgIpc) is 3.30. The summed E-state index contributed by atoms with van der Waals surface area (Å²) in [5, 5.41) is 10.6. The van der Waals surface area contributed by atoms with E-state index in [9.17, 15) is 4.79 Å². The highest BCUT2D eigenvalue weighted by Crippen LogP contribution is 2.22. The van der Waals surface area contributed by atoms with E-state index < -0.39 is 0 Å². The topological polar surface area (TPSA) is 108 Å². The maximum absolute atomic E-state index is 12.9. The van der Waals surface area contributed by atoms with E-state index in [0.717, 1.165) is 16.8 Å². The van der Waals surface area contributed by atoms with E-state index in [2.05, 4.69) is 15.3 Å². The van der Waals surface area contributed by atoms with Gasteiger partial charge >= 0.3 is 0 Å². The van der Waals surface area contributed by atoms with Gasteiger partial charge in [0.25, 0.3) is 5.91 Å². The maximum atomic E-state index is 12.9. The number of aromatic amines is 1. The third-order valence-electron chi connectivity index (χ3n) is 5.06. The van der Waals surface area contributed by atoms with Crippen LogP contribution in [0.15, 0.2) is 91.1 Å². The van der Waals surface area contributed by atoms with Gasteiger partial charge in [0.2, 0.25) is 0 Å². The third kappa shape index (κ3) is 4.87. The molecule has 0 spiro atoms. The van der Waals surface area contributed by atoms with Crippen molar-refractivity contribution in [2.24, 2.45) is 5.73 Å². The molecule has 31 heavy (non-hydrogen) atoms. The second kappa shape index (κ2) is 9.09. The number of nitrogen functional groups attached to an aromatic ring is 1. The first-order valence-corrected chi connectivity index (χ1v) is 10.00. The van der Waals surface area contributed by atoms with Crippen LogP contribution in [0.25, 0.3) is 11.3 Å². The van der Waals surface area contributed by atoms with Crippen LogP contribution in [0.4, 0.5) is 0 Å². The lowest BCUT2D eigenvalue weighted by Gasteiger charge is -2.17. The molecule has 0 aliphatic carbocycles. The molecule has 0 saturated carbocycles. The van der Waals surface area contributed by atoms with E-state index in [-0.39, 0.29) is 17.8 Å². The van der Waals surface area contributed by atoms with Gasteiger partial charge in [-0.15, -0.1) is 0 Å². The Balaban J connectivity index is 1.59. The predicted molar refractivity (Wildman–Crippen MR) is 122 cm³/mol. The fraction of sp³-hybridized carbons (Fsp3) is 0.0800. The Morgan fingerprint density at radius 2 is 1.55 bits per heavy atom. The lowest BCUT2D eigenvalue weighted by molar-refractivity contribution is 0.0935. The van der Waals surface area contributed by atoms with Crippen LogP contribution in [-0.4, -0.2) is 21.7 Å². The number of hydrogen-bond acceptors (Lipinski definition) is 3. The van der Waals surface area contributed by atoms with E-state index in [1.165, 1.54) is 0 Å². The van der Waals surface area contributed by atoms with E-state index >= 15 is 0 Å². The summed E-state index contributed by atoms with van der Waals surface area (Å²) in [5.41, 5.74) is 9.61. The zero-order chi connectivity index (χ0) is 21.6. The zero-order valence-electron chi connectivity index (χ0n) is 16.9. The number of nitrogens with one attached hydrogen (secondary N) is 3. The van der Waals surface area contributed by atoms with Gasteiger partial charge in [0, 0.05) is 11.1 Å². The molecular formula is C25H23N5O. The highest BCUT2D eigenvalue weighted by molar-refractivity contribution is 5.98. The molecule has 1 aromatic heterocycles. The molecule has 1 unspecified atom stereocenters. The number of benzene rings is 3. The fourth-order valence-corrected chi connectivity index (χ4v) is 3.39. The van der Waals surface area contributed by atoms with Crippen LogP contribution >= 0.6 is 0 Å². The minimum atomic E-state index is -0.333. The number of aromatic nitrogens is 2. The van der Waals surface area contributed by atoms with Crippen LogP contribution in [0.2, 0.25) is 0 Å². The van der Waals surface area contributed by atoms with Gasteiger partial charge in [-0.1, -0.05) is 72.8 Å². The minimum absolute atomic E-state index is 0.0297. The number of nitrogens with zero attached hydrogens (tertiary/aromatic N) is 1. The number of hydrogen-bond donors (Lipinski definition) is 4. The van der Waals surface area contributed by atoms with Gasteiger partial charge in [0.15, 0.2) is 0 Å². The summed E-state index contributed by atoms with van der Waals surface area (Å²) in [5.74, 6) is 0.447. The Labute approximate surface area is 180 Å². The van der Waals surface area contributed by atoms with Gasteiger partial charge in [-0.25, -0.2) is 4.98 Å². The number of carbonyl (C=O) groups excluding carboxylic acids is 1. The minimum Gasteiger partial charge on any atom is -0.384 e. The summed E-state index contributed by atoms with van der Waals surface area (Å²) in [6.07, 6.45) is 2.39. The molecule has 3 aromatic carbocycles. The molecule has 1 heterocycles. The second-order valence-electron chi connectivity index (χ2n) is 7.25. The Morgan fingerprint density at radius 3 is 2.19 bits per heavy atom. The van der Waals surface area contributed by atoms with Crippen LogP contribution in [-0.2, 0) is 6.42 Å². The van der Waals surface area contributed by atoms with Gasteiger partial charge in [-0.2, -0.15) is 0 Å². The second-order valence-corrected chi connectivity index (χ2v) is 7.25. The monoisotopic (exact) mass is 409 g/mol. The third-order valence-corrected chi connectivity index (χ3v) is 5.06. The molecule has 154 valence electrons. The Hall–Kier alpha value is -4.19. The van der Waals surface area contributed by atoms with Crippen molar-refractivity contribution in [2.45, 2.75) is 12.5 Å². The molecule has 0 aliphatic heterocycles. The lowest BCUT2D eigenvalue weighted by atomic mass is 10.0. The molecule has 0 saturated heterocycles. The number of nitrogens with two attached hydrogens (primary N) is 1. The standard InChI is InChI=1S/C25H23N5O/c26-23(27)19-11-13-20(14-12-19)25(31)30-21(15-17-7-3-1-4-8-17)24-28-16-22(29-24)18-9-5-2-6-10-18/h1-14,16,21H,15H2,(H3,26,27)(H,28,29)(H,30,31). The molecule has 0 radical (unpaired) electrons. The summed E-state index contributed by atoms with van der Waals surface area (Å²) >= 11 is 0. The molecule has 1 amide bonds. The van der Waals surface area contributed by atoms with Gasteiger partial charge < -0.3 is 16.0 Å². The fourth-order valence-electron chi connectivity index (χ4n) is 3.39. The van der Waals surface area contributed by atoms with Crippen molar-refractivity contribution in [1.82, 2.24) is 15.3 Å². The van der Waals surface area contributed by atoms with Crippen molar-refractivity contribution in [1.29, 1.82) is 5.41 Å². The first-order chi connectivity index (χ1) is 15.1. The predicted octanol–water partition coefficient (Wildman–Crippen LogP) is 4.07. The van der Waals surface area contributed by atoms with Gasteiger partial charge in [0.05, 0.1) is 17.9 Å². The average molecular weight is 409 g/mol. The summed E-state index contributed by atoms with van der Waals surface area (Å²) in [4.78, 5) is 20.9. The smallest absolute Gasteiger partial charge is 0.251 e. The van der Waals surface area contributed by atoms with Gasteiger partial charge in [0.1, 0.15) is 11.7 Å². The van der Waals surface area contributed by atoms with Crippen LogP contribution in [0.3, 0.4) is 0 Å². The molecule has 5 N–H and O–H groups in total. The molecule has 4 rings (SSSR count). The van der Waals surface area contributed by atoms with Crippen molar-refractivity contribution >= 4 is 11.7 Å². The highest BCUT2D eigenvalue weighted by atomic mass is 16.1. The molecule has 0 fully saturated rings. The van der Waals surface area contributed by atoms with Gasteiger partial charge in [-0.3, -0.25) is 10.2 Å². The first kappa shape index (κ1) is 20.1. The summed E-state index contributed by atoms with van der Waals surface area (Å²) in [6.45, 7) is 0. The van der Waals surface area contributed by atoms with Crippen molar-refractivity contribution in [3.63, 3.8) is 0 Å². The molecule has 0 aliphatic rings. The maximum Gasteiger partial charge on any atom is 0.251 e. The molecule has 4 aromatic rings. The number of amides is 1. The van der Waals surface area contributed by atoms with Crippen LogP contribution in [0.5, 0.6) is 0 Å². The SMILES string of the molecule is N=C(N)c1ccc(C(=O)NC(Cc2ccccc2)c2ncc(-c3ccccc3)[nH]2)cc1. The molecule has 6 nitrogen and oxygen atoms in total. The molecular weight excluding hydrogens is 386 g/mol. The number of rotatable bonds is 7. The molecule has 6 heteroatoms. The van der Waals surface area contributed by atoms with Crippen molar-refractivity contribution in [2.75, 3.05) is 0 Å². The van der Waals surface area contributed by atoms with Crippen molar-refractivity contribution in [3.05, 3.63) is 114 Å². The number of H-pyrrole nitrogens is 1. The van der Waals surface area contributed by atoms with Crippen LogP contribution < -0.4 is 11.1 Å². The number of imidazole rings is 1.